The lowest BCUT2D eigenvalue weighted by atomic mass is 9.98. The van der Waals surface area contributed by atoms with E-state index < -0.39 is 0 Å². The largest absolute Gasteiger partial charge is 0.379 e. The van der Waals surface area contributed by atoms with Crippen molar-refractivity contribution in [3.63, 3.8) is 0 Å². The van der Waals surface area contributed by atoms with E-state index in [4.69, 9.17) is 9.47 Å². The molecule has 0 unspecified atom stereocenters. The van der Waals surface area contributed by atoms with Crippen LogP contribution in [0.1, 0.15) is 24.9 Å². The molecule has 1 aromatic rings. The molecule has 2 fully saturated rings. The zero-order valence-corrected chi connectivity index (χ0v) is 13.7. The maximum Gasteiger partial charge on any atom is 0.222 e. The van der Waals surface area contributed by atoms with Crippen LogP contribution in [0.15, 0.2) is 24.5 Å². The lowest BCUT2D eigenvalue weighted by Gasteiger charge is -2.43. The van der Waals surface area contributed by atoms with E-state index in [0.29, 0.717) is 19.6 Å². The zero-order valence-electron chi connectivity index (χ0n) is 13.7. The molecule has 0 aliphatic carbocycles. The van der Waals surface area contributed by atoms with Crippen LogP contribution in [0.3, 0.4) is 0 Å². The molecule has 0 radical (unpaired) electrons. The summed E-state index contributed by atoms with van der Waals surface area (Å²) in [6.07, 6.45) is 4.10. The smallest absolute Gasteiger partial charge is 0.222 e. The lowest BCUT2D eigenvalue weighted by molar-refractivity contribution is -0.149. The summed E-state index contributed by atoms with van der Waals surface area (Å²) in [5, 5.41) is 0. The minimum Gasteiger partial charge on any atom is -0.379 e. The minimum absolute atomic E-state index is 0.0263. The van der Waals surface area contributed by atoms with Gasteiger partial charge in [-0.15, -0.1) is 0 Å². The topological polar surface area (TPSA) is 54.9 Å². The summed E-state index contributed by atoms with van der Waals surface area (Å²) in [7, 11) is 0. The van der Waals surface area contributed by atoms with Crippen LogP contribution < -0.4 is 0 Å². The number of aromatic nitrogens is 1. The Labute approximate surface area is 137 Å². The van der Waals surface area contributed by atoms with Crippen molar-refractivity contribution in [1.29, 1.82) is 0 Å². The second-order valence-corrected chi connectivity index (χ2v) is 5.99. The molecule has 0 bridgehead atoms. The molecule has 0 saturated carbocycles. The van der Waals surface area contributed by atoms with Crippen molar-refractivity contribution in [2.24, 2.45) is 0 Å². The second kappa shape index (κ2) is 7.86. The third-order valence-corrected chi connectivity index (χ3v) is 4.54. The average Bonchev–Trinajstić information content (AvgIpc) is 2.62. The summed E-state index contributed by atoms with van der Waals surface area (Å²) in [4.78, 5) is 21.0. The Kier molecular flexibility index (Phi) is 5.59. The minimum atomic E-state index is -0.0623. The van der Waals surface area contributed by atoms with Crippen LogP contribution in [0.4, 0.5) is 0 Å². The van der Waals surface area contributed by atoms with Crippen molar-refractivity contribution in [2.75, 3.05) is 46.0 Å². The summed E-state index contributed by atoms with van der Waals surface area (Å²) < 4.78 is 11.5. The molecular formula is C17H25N3O3. The van der Waals surface area contributed by atoms with Gasteiger partial charge in [-0.2, -0.15) is 0 Å². The molecule has 6 nitrogen and oxygen atoms in total. The fraction of sp³-hybridized carbons (Fsp3) is 0.647. The SMILES string of the molecule is CCC(=O)N1CCO[C@@H](CN2CCOCC2)[C@@H]1c1cccnc1. The van der Waals surface area contributed by atoms with E-state index in [2.05, 4.69) is 9.88 Å². The van der Waals surface area contributed by atoms with Gasteiger partial charge in [-0.3, -0.25) is 14.7 Å². The highest BCUT2D eigenvalue weighted by atomic mass is 16.5. The number of hydrogen-bond donors (Lipinski definition) is 0. The Balaban J connectivity index is 1.81. The number of ether oxygens (including phenoxy) is 2. The van der Waals surface area contributed by atoms with Crippen molar-refractivity contribution in [3.05, 3.63) is 30.1 Å². The first-order valence-electron chi connectivity index (χ1n) is 8.40. The summed E-state index contributed by atoms with van der Waals surface area (Å²) in [6, 6.07) is 3.90. The van der Waals surface area contributed by atoms with Crippen LogP contribution >= 0.6 is 0 Å². The van der Waals surface area contributed by atoms with Crippen molar-refractivity contribution >= 4 is 5.91 Å². The van der Waals surface area contributed by atoms with E-state index >= 15 is 0 Å². The molecule has 2 atom stereocenters. The maximum atomic E-state index is 12.4. The Morgan fingerprint density at radius 3 is 2.83 bits per heavy atom. The van der Waals surface area contributed by atoms with E-state index in [0.717, 1.165) is 38.4 Å². The zero-order chi connectivity index (χ0) is 16.1. The third kappa shape index (κ3) is 3.88. The molecule has 1 aromatic heterocycles. The fourth-order valence-corrected chi connectivity index (χ4v) is 3.35. The molecule has 6 heteroatoms. The first kappa shape index (κ1) is 16.4. The molecule has 2 aliphatic rings. The Hall–Kier alpha value is -1.50. The number of pyridine rings is 1. The van der Waals surface area contributed by atoms with E-state index in [-0.39, 0.29) is 18.1 Å². The summed E-state index contributed by atoms with van der Waals surface area (Å²) in [6.45, 7) is 7.33. The van der Waals surface area contributed by atoms with Gasteiger partial charge in [-0.1, -0.05) is 13.0 Å². The summed E-state index contributed by atoms with van der Waals surface area (Å²) in [5.74, 6) is 0.175. The number of nitrogens with zero attached hydrogens (tertiary/aromatic N) is 3. The molecule has 2 aliphatic heterocycles. The van der Waals surface area contributed by atoms with Crippen molar-refractivity contribution in [3.8, 4) is 0 Å². The van der Waals surface area contributed by atoms with Gasteiger partial charge in [0, 0.05) is 45.0 Å². The predicted octanol–water partition coefficient (Wildman–Crippen LogP) is 1.09. The number of rotatable bonds is 4. The highest BCUT2D eigenvalue weighted by molar-refractivity contribution is 5.76. The van der Waals surface area contributed by atoms with E-state index in [1.807, 2.05) is 30.2 Å². The van der Waals surface area contributed by atoms with Crippen LogP contribution in [0, 0.1) is 0 Å². The Morgan fingerprint density at radius 1 is 1.30 bits per heavy atom. The van der Waals surface area contributed by atoms with Crippen LogP contribution in [-0.4, -0.2) is 72.8 Å². The summed E-state index contributed by atoms with van der Waals surface area (Å²) in [5.41, 5.74) is 1.05. The highest BCUT2D eigenvalue weighted by Crippen LogP contribution is 2.30. The van der Waals surface area contributed by atoms with E-state index in [1.165, 1.54) is 0 Å². The molecule has 23 heavy (non-hydrogen) atoms. The molecule has 1 amide bonds. The van der Waals surface area contributed by atoms with Crippen molar-refractivity contribution in [1.82, 2.24) is 14.8 Å². The number of hydrogen-bond acceptors (Lipinski definition) is 5. The Morgan fingerprint density at radius 2 is 2.13 bits per heavy atom. The normalized spacial score (nSPS) is 26.2. The molecule has 3 heterocycles. The van der Waals surface area contributed by atoms with Gasteiger partial charge in [-0.05, 0) is 11.6 Å². The predicted molar refractivity (Wildman–Crippen MR) is 86.0 cm³/mol. The van der Waals surface area contributed by atoms with Crippen LogP contribution in [0.25, 0.3) is 0 Å². The highest BCUT2D eigenvalue weighted by Gasteiger charge is 2.37. The molecule has 0 spiro atoms. The molecular weight excluding hydrogens is 294 g/mol. The number of carbonyl (C=O) groups excluding carboxylic acids is 1. The molecule has 0 N–H and O–H groups in total. The van der Waals surface area contributed by atoms with Crippen LogP contribution in [-0.2, 0) is 14.3 Å². The van der Waals surface area contributed by atoms with E-state index in [1.54, 1.807) is 6.20 Å². The average molecular weight is 319 g/mol. The van der Waals surface area contributed by atoms with Crippen molar-refractivity contribution < 1.29 is 14.3 Å². The molecule has 3 rings (SSSR count). The number of carbonyl (C=O) groups is 1. The van der Waals surface area contributed by atoms with Gasteiger partial charge in [0.2, 0.25) is 5.91 Å². The van der Waals surface area contributed by atoms with E-state index in [9.17, 15) is 4.79 Å². The Bertz CT molecular complexity index is 505. The second-order valence-electron chi connectivity index (χ2n) is 5.99. The molecule has 0 aromatic carbocycles. The number of amides is 1. The van der Waals surface area contributed by atoms with Crippen LogP contribution in [0.5, 0.6) is 0 Å². The van der Waals surface area contributed by atoms with Crippen LogP contribution in [0.2, 0.25) is 0 Å². The molecule has 126 valence electrons. The standard InChI is InChI=1S/C17H25N3O3/c1-2-16(21)20-8-11-23-15(13-19-6-9-22-10-7-19)17(20)14-4-3-5-18-12-14/h3-5,12,15,17H,2,6-11,13H2,1H3/t15-,17-/m0/s1. The third-order valence-electron chi connectivity index (χ3n) is 4.54. The molecule has 2 saturated heterocycles. The quantitative estimate of drug-likeness (QED) is 0.832. The lowest BCUT2D eigenvalue weighted by Crippen LogP contribution is -2.53. The van der Waals surface area contributed by atoms with Gasteiger partial charge in [0.15, 0.2) is 0 Å². The van der Waals surface area contributed by atoms with Gasteiger partial charge >= 0.3 is 0 Å². The van der Waals surface area contributed by atoms with Crippen molar-refractivity contribution in [2.45, 2.75) is 25.5 Å². The van der Waals surface area contributed by atoms with Gasteiger partial charge in [0.25, 0.3) is 0 Å². The van der Waals surface area contributed by atoms with Gasteiger partial charge in [0.05, 0.1) is 32.0 Å². The first-order valence-corrected chi connectivity index (χ1v) is 8.40. The first-order chi connectivity index (χ1) is 11.3. The fourth-order valence-electron chi connectivity index (χ4n) is 3.35. The van der Waals surface area contributed by atoms with Gasteiger partial charge in [-0.25, -0.2) is 0 Å². The summed E-state index contributed by atoms with van der Waals surface area (Å²) >= 11 is 0. The van der Waals surface area contributed by atoms with Gasteiger partial charge in [0.1, 0.15) is 0 Å². The number of morpholine rings is 2. The van der Waals surface area contributed by atoms with Gasteiger partial charge < -0.3 is 14.4 Å². The monoisotopic (exact) mass is 319 g/mol. The maximum absolute atomic E-state index is 12.4.